The zero-order chi connectivity index (χ0) is 14.8. The first kappa shape index (κ1) is 14.3. The molecule has 0 aliphatic carbocycles. The van der Waals surface area contributed by atoms with Gasteiger partial charge in [-0.3, -0.25) is 0 Å². The van der Waals surface area contributed by atoms with Crippen LogP contribution in [0.15, 0.2) is 36.4 Å². The molecule has 0 aliphatic heterocycles. The lowest BCUT2D eigenvalue weighted by Gasteiger charge is -2.22. The molecule has 1 nitrogen and oxygen atoms in total. The molecule has 0 heterocycles. The van der Waals surface area contributed by atoms with E-state index in [9.17, 15) is 9.50 Å². The van der Waals surface area contributed by atoms with E-state index < -0.39 is 5.41 Å². The zero-order valence-corrected chi connectivity index (χ0v) is 11.6. The normalized spacial score (nSPS) is 11.2. The standard InChI is InChI=1S/C18H16FO/c1-4-13-6-5-7-14(10-13)16-9-8-15(11-17(16)19)18(2,3)12-20/h1,5-8,10-11,20H,12H2,2-3H3. The fourth-order valence-electron chi connectivity index (χ4n) is 1.94. The minimum atomic E-state index is -0.490. The van der Waals surface area contributed by atoms with Crippen molar-refractivity contribution in [2.45, 2.75) is 19.3 Å². The van der Waals surface area contributed by atoms with E-state index >= 15 is 0 Å². The number of aliphatic hydroxyl groups excluding tert-OH is 1. The second-order valence-electron chi connectivity index (χ2n) is 5.38. The fraction of sp³-hybridized carbons (Fsp3) is 0.222. The van der Waals surface area contributed by atoms with Crippen LogP contribution in [-0.4, -0.2) is 11.7 Å². The molecule has 0 aromatic heterocycles. The molecule has 0 bridgehead atoms. The van der Waals surface area contributed by atoms with Crippen molar-refractivity contribution in [1.82, 2.24) is 0 Å². The molecule has 1 radical (unpaired) electrons. The highest BCUT2D eigenvalue weighted by molar-refractivity contribution is 5.66. The molecule has 0 saturated carbocycles. The lowest BCUT2D eigenvalue weighted by molar-refractivity contribution is 0.218. The van der Waals surface area contributed by atoms with Crippen LogP contribution in [0.25, 0.3) is 11.1 Å². The molecule has 2 rings (SSSR count). The van der Waals surface area contributed by atoms with Crippen LogP contribution in [0, 0.1) is 24.2 Å². The molecular weight excluding hydrogens is 251 g/mol. The average molecular weight is 267 g/mol. The van der Waals surface area contributed by atoms with E-state index in [4.69, 9.17) is 6.42 Å². The minimum Gasteiger partial charge on any atom is -0.395 e. The maximum atomic E-state index is 14.3. The molecule has 20 heavy (non-hydrogen) atoms. The SMILES string of the molecule is C#Cc1cccc(-c2[c]cc(C(C)(C)CO)cc2F)c1. The summed E-state index contributed by atoms with van der Waals surface area (Å²) in [6.45, 7) is 3.66. The van der Waals surface area contributed by atoms with E-state index in [1.165, 1.54) is 6.07 Å². The summed E-state index contributed by atoms with van der Waals surface area (Å²) < 4.78 is 14.3. The maximum absolute atomic E-state index is 14.3. The van der Waals surface area contributed by atoms with Crippen LogP contribution >= 0.6 is 0 Å². The Morgan fingerprint density at radius 2 is 2.10 bits per heavy atom. The monoisotopic (exact) mass is 267 g/mol. The van der Waals surface area contributed by atoms with Gasteiger partial charge in [0.15, 0.2) is 0 Å². The van der Waals surface area contributed by atoms with Crippen LogP contribution in [0.2, 0.25) is 0 Å². The van der Waals surface area contributed by atoms with E-state index in [-0.39, 0.29) is 12.4 Å². The van der Waals surface area contributed by atoms with E-state index in [1.807, 2.05) is 13.8 Å². The number of terminal acetylenes is 1. The minimum absolute atomic E-state index is 0.0494. The molecule has 2 aromatic carbocycles. The Balaban J connectivity index is 2.47. The largest absolute Gasteiger partial charge is 0.395 e. The lowest BCUT2D eigenvalue weighted by atomic mass is 9.84. The van der Waals surface area contributed by atoms with Crippen molar-refractivity contribution in [2.75, 3.05) is 6.61 Å². The van der Waals surface area contributed by atoms with Crippen LogP contribution in [0.3, 0.4) is 0 Å². The number of hydrogen-bond donors (Lipinski definition) is 1. The van der Waals surface area contributed by atoms with E-state index in [0.717, 1.165) is 0 Å². The summed E-state index contributed by atoms with van der Waals surface area (Å²) in [6, 6.07) is 13.3. The summed E-state index contributed by atoms with van der Waals surface area (Å²) in [6.07, 6.45) is 5.35. The van der Waals surface area contributed by atoms with Gasteiger partial charge in [-0.25, -0.2) is 4.39 Å². The van der Waals surface area contributed by atoms with Gasteiger partial charge in [0.25, 0.3) is 0 Å². The Labute approximate surface area is 119 Å². The Hall–Kier alpha value is -2.11. The van der Waals surface area contributed by atoms with Crippen molar-refractivity contribution < 1.29 is 9.50 Å². The Morgan fingerprint density at radius 3 is 2.70 bits per heavy atom. The quantitative estimate of drug-likeness (QED) is 0.843. The van der Waals surface area contributed by atoms with E-state index in [2.05, 4.69) is 12.0 Å². The molecule has 0 aliphatic rings. The van der Waals surface area contributed by atoms with Gasteiger partial charge in [0.2, 0.25) is 0 Å². The third-order valence-electron chi connectivity index (χ3n) is 3.39. The molecule has 0 fully saturated rings. The average Bonchev–Trinajstić information content (AvgIpc) is 2.47. The van der Waals surface area contributed by atoms with Gasteiger partial charge in [-0.2, -0.15) is 0 Å². The van der Waals surface area contributed by atoms with Gasteiger partial charge >= 0.3 is 0 Å². The number of hydrogen-bond acceptors (Lipinski definition) is 1. The van der Waals surface area contributed by atoms with Gasteiger partial charge in [0, 0.05) is 16.5 Å². The highest BCUT2D eigenvalue weighted by atomic mass is 19.1. The number of aliphatic hydroxyl groups is 1. The number of rotatable bonds is 3. The molecule has 2 heteroatoms. The van der Waals surface area contributed by atoms with Gasteiger partial charge in [-0.05, 0) is 41.5 Å². The summed E-state index contributed by atoms with van der Waals surface area (Å²) in [5.41, 5.74) is 2.02. The van der Waals surface area contributed by atoms with Crippen molar-refractivity contribution >= 4 is 0 Å². The molecule has 0 unspecified atom stereocenters. The maximum Gasteiger partial charge on any atom is 0.131 e. The second-order valence-corrected chi connectivity index (χ2v) is 5.38. The van der Waals surface area contributed by atoms with Crippen LogP contribution in [0.5, 0.6) is 0 Å². The van der Waals surface area contributed by atoms with Crippen LogP contribution in [0.1, 0.15) is 25.0 Å². The molecule has 2 aromatic rings. The summed E-state index contributed by atoms with van der Waals surface area (Å²) in [7, 11) is 0. The summed E-state index contributed by atoms with van der Waals surface area (Å²) in [5, 5.41) is 9.33. The van der Waals surface area contributed by atoms with Crippen LogP contribution in [0.4, 0.5) is 4.39 Å². The smallest absolute Gasteiger partial charge is 0.131 e. The first-order valence-corrected chi connectivity index (χ1v) is 6.37. The van der Waals surface area contributed by atoms with E-state index in [0.29, 0.717) is 22.3 Å². The predicted octanol–water partition coefficient (Wildman–Crippen LogP) is 3.54. The predicted molar refractivity (Wildman–Crippen MR) is 78.7 cm³/mol. The number of benzene rings is 2. The summed E-state index contributed by atoms with van der Waals surface area (Å²) >= 11 is 0. The molecule has 0 atom stereocenters. The Morgan fingerprint density at radius 1 is 1.35 bits per heavy atom. The highest BCUT2D eigenvalue weighted by Crippen LogP contribution is 2.28. The van der Waals surface area contributed by atoms with Gasteiger partial charge in [-0.1, -0.05) is 31.9 Å². The fourth-order valence-corrected chi connectivity index (χ4v) is 1.94. The molecule has 101 valence electrons. The van der Waals surface area contributed by atoms with Crippen molar-refractivity contribution in [1.29, 1.82) is 0 Å². The van der Waals surface area contributed by atoms with Gasteiger partial charge < -0.3 is 5.11 Å². The molecule has 1 N–H and O–H groups in total. The lowest BCUT2D eigenvalue weighted by Crippen LogP contribution is -2.22. The molecule has 0 saturated heterocycles. The van der Waals surface area contributed by atoms with Crippen LogP contribution < -0.4 is 0 Å². The van der Waals surface area contributed by atoms with Crippen LogP contribution in [-0.2, 0) is 5.41 Å². The van der Waals surface area contributed by atoms with Crippen molar-refractivity contribution in [3.8, 4) is 23.5 Å². The molecular formula is C18H16FO. The molecule has 0 amide bonds. The van der Waals surface area contributed by atoms with Gasteiger partial charge in [0.1, 0.15) is 5.82 Å². The second kappa shape index (κ2) is 5.48. The third kappa shape index (κ3) is 2.74. The number of halogens is 1. The zero-order valence-electron chi connectivity index (χ0n) is 11.6. The summed E-state index contributed by atoms with van der Waals surface area (Å²) in [4.78, 5) is 0. The first-order valence-electron chi connectivity index (χ1n) is 6.37. The Bertz CT molecular complexity index is 665. The van der Waals surface area contributed by atoms with E-state index in [1.54, 1.807) is 30.3 Å². The Kier molecular flexibility index (Phi) is 3.92. The first-order chi connectivity index (χ1) is 9.47. The van der Waals surface area contributed by atoms with Crippen molar-refractivity contribution in [3.63, 3.8) is 0 Å². The van der Waals surface area contributed by atoms with Crippen molar-refractivity contribution in [3.05, 3.63) is 59.4 Å². The van der Waals surface area contributed by atoms with Gasteiger partial charge in [-0.15, -0.1) is 6.42 Å². The summed E-state index contributed by atoms with van der Waals surface area (Å²) in [5.74, 6) is 2.17. The van der Waals surface area contributed by atoms with Crippen molar-refractivity contribution in [2.24, 2.45) is 0 Å². The topological polar surface area (TPSA) is 20.2 Å². The van der Waals surface area contributed by atoms with Gasteiger partial charge in [0.05, 0.1) is 6.61 Å². The third-order valence-corrected chi connectivity index (χ3v) is 3.39. The molecule has 0 spiro atoms. The highest BCUT2D eigenvalue weighted by Gasteiger charge is 2.21.